The molecule has 0 spiro atoms. The van der Waals surface area contributed by atoms with Crippen LogP contribution in [0.2, 0.25) is 0 Å². The van der Waals surface area contributed by atoms with Crippen LogP contribution in [0.5, 0.6) is 0 Å². The summed E-state index contributed by atoms with van der Waals surface area (Å²) < 4.78 is 4.85. The number of para-hydroxylation sites is 2. The molecule has 0 atom stereocenters. The number of aryl methyl sites for hydroxylation is 1. The molecule has 0 saturated carbocycles. The van der Waals surface area contributed by atoms with Gasteiger partial charge in [0, 0.05) is 25.4 Å². The summed E-state index contributed by atoms with van der Waals surface area (Å²) in [6.07, 6.45) is 3.77. The van der Waals surface area contributed by atoms with Crippen molar-refractivity contribution < 1.29 is 4.79 Å². The monoisotopic (exact) mass is 277 g/mol. The first-order valence-electron chi connectivity index (χ1n) is 6.59. The Kier molecular flexibility index (Phi) is 4.85. The van der Waals surface area contributed by atoms with Crippen molar-refractivity contribution in [3.63, 3.8) is 0 Å². The average Bonchev–Trinajstić information content (AvgIpc) is 2.74. The molecule has 0 unspecified atom stereocenters. The number of benzene rings is 1. The summed E-state index contributed by atoms with van der Waals surface area (Å²) in [4.78, 5) is 16.1. The van der Waals surface area contributed by atoms with Gasteiger partial charge >= 0.3 is 0 Å². The van der Waals surface area contributed by atoms with Gasteiger partial charge in [-0.1, -0.05) is 31.9 Å². The van der Waals surface area contributed by atoms with Gasteiger partial charge in [0.15, 0.2) is 5.16 Å². The van der Waals surface area contributed by atoms with Gasteiger partial charge in [-0.25, -0.2) is 4.98 Å². The fraction of sp³-hybridized carbons (Fsp3) is 0.429. The van der Waals surface area contributed by atoms with Crippen LogP contribution in [-0.2, 0) is 11.8 Å². The van der Waals surface area contributed by atoms with Crippen molar-refractivity contribution in [3.8, 4) is 0 Å². The van der Waals surface area contributed by atoms with E-state index in [1.807, 2.05) is 35.9 Å². The summed E-state index contributed by atoms with van der Waals surface area (Å²) in [6.45, 7) is 2.13. The Labute approximate surface area is 117 Å². The molecule has 5 heteroatoms. The van der Waals surface area contributed by atoms with Gasteiger partial charge in [0.25, 0.3) is 0 Å². The molecule has 2 rings (SSSR count). The second kappa shape index (κ2) is 6.61. The highest BCUT2D eigenvalue weighted by atomic mass is 32.2. The Morgan fingerprint density at radius 3 is 2.89 bits per heavy atom. The van der Waals surface area contributed by atoms with Crippen LogP contribution in [0.4, 0.5) is 0 Å². The zero-order valence-electron chi connectivity index (χ0n) is 11.3. The van der Waals surface area contributed by atoms with E-state index in [1.54, 1.807) is 0 Å². The van der Waals surface area contributed by atoms with E-state index in [2.05, 4.69) is 16.6 Å². The Balaban J connectivity index is 1.94. The van der Waals surface area contributed by atoms with Crippen molar-refractivity contribution in [2.45, 2.75) is 37.8 Å². The van der Waals surface area contributed by atoms with E-state index in [0.717, 1.165) is 35.5 Å². The lowest BCUT2D eigenvalue weighted by atomic mass is 10.2. The van der Waals surface area contributed by atoms with Crippen molar-refractivity contribution in [2.24, 2.45) is 7.05 Å². The maximum Gasteiger partial charge on any atom is 0.230 e. The lowest BCUT2D eigenvalue weighted by Crippen LogP contribution is -2.15. The molecular formula is C14H19N3OS. The lowest BCUT2D eigenvalue weighted by Gasteiger charge is -2.04. The van der Waals surface area contributed by atoms with Crippen LogP contribution >= 0.6 is 11.9 Å². The number of aromatic nitrogens is 2. The first-order chi connectivity index (χ1) is 9.22. The Morgan fingerprint density at radius 2 is 2.16 bits per heavy atom. The fourth-order valence-electron chi connectivity index (χ4n) is 1.90. The van der Waals surface area contributed by atoms with E-state index in [4.69, 9.17) is 0 Å². The minimum Gasteiger partial charge on any atom is -0.321 e. The zero-order chi connectivity index (χ0) is 13.7. The molecule has 19 heavy (non-hydrogen) atoms. The highest BCUT2D eigenvalue weighted by Crippen LogP contribution is 2.20. The van der Waals surface area contributed by atoms with Crippen LogP contribution in [0.25, 0.3) is 11.0 Å². The van der Waals surface area contributed by atoms with Crippen LogP contribution in [0.15, 0.2) is 29.4 Å². The number of carbonyl (C=O) groups excluding carboxylic acids is 1. The van der Waals surface area contributed by atoms with Gasteiger partial charge < -0.3 is 4.57 Å². The minimum absolute atomic E-state index is 0.0745. The molecule has 0 bridgehead atoms. The van der Waals surface area contributed by atoms with E-state index in [0.29, 0.717) is 6.42 Å². The van der Waals surface area contributed by atoms with Crippen LogP contribution in [-0.4, -0.2) is 15.5 Å². The summed E-state index contributed by atoms with van der Waals surface area (Å²) in [5, 5.41) is 0.810. The molecule has 4 nitrogen and oxygen atoms in total. The number of imidazole rings is 1. The number of hydrogen-bond acceptors (Lipinski definition) is 3. The van der Waals surface area contributed by atoms with Crippen molar-refractivity contribution in [1.82, 2.24) is 14.3 Å². The van der Waals surface area contributed by atoms with E-state index >= 15 is 0 Å². The molecule has 1 aromatic carbocycles. The van der Waals surface area contributed by atoms with Crippen LogP contribution < -0.4 is 4.72 Å². The first-order valence-corrected chi connectivity index (χ1v) is 7.41. The van der Waals surface area contributed by atoms with Gasteiger partial charge in [0.05, 0.1) is 11.0 Å². The number of amides is 1. The molecule has 1 aromatic heterocycles. The fourth-order valence-corrected chi connectivity index (χ4v) is 2.59. The number of fused-ring (bicyclic) bond motifs is 1. The molecule has 0 aliphatic carbocycles. The lowest BCUT2D eigenvalue weighted by molar-refractivity contribution is -0.119. The number of nitrogens with one attached hydrogen (secondary N) is 1. The van der Waals surface area contributed by atoms with E-state index in [-0.39, 0.29) is 5.91 Å². The number of unbranched alkanes of at least 4 members (excludes halogenated alkanes) is 2. The Morgan fingerprint density at radius 1 is 1.37 bits per heavy atom. The largest absolute Gasteiger partial charge is 0.321 e. The van der Waals surface area contributed by atoms with Crippen molar-refractivity contribution in [2.75, 3.05) is 0 Å². The second-order valence-electron chi connectivity index (χ2n) is 4.53. The Hall–Kier alpha value is -1.49. The number of nitrogens with zero attached hydrogens (tertiary/aromatic N) is 2. The molecular weight excluding hydrogens is 258 g/mol. The molecule has 0 saturated heterocycles. The maximum absolute atomic E-state index is 11.6. The van der Waals surface area contributed by atoms with E-state index < -0.39 is 0 Å². The second-order valence-corrected chi connectivity index (χ2v) is 5.30. The predicted molar refractivity (Wildman–Crippen MR) is 78.9 cm³/mol. The maximum atomic E-state index is 11.6. The van der Waals surface area contributed by atoms with Gasteiger partial charge in [-0.3, -0.25) is 9.52 Å². The third-order valence-corrected chi connectivity index (χ3v) is 3.89. The van der Waals surface area contributed by atoms with Gasteiger partial charge in [0.2, 0.25) is 5.91 Å². The summed E-state index contributed by atoms with van der Waals surface area (Å²) >= 11 is 1.29. The van der Waals surface area contributed by atoms with Crippen LogP contribution in [0, 0.1) is 0 Å². The number of hydrogen-bond donors (Lipinski definition) is 1. The Bertz CT molecular complexity index is 565. The summed E-state index contributed by atoms with van der Waals surface area (Å²) in [7, 11) is 1.96. The quantitative estimate of drug-likeness (QED) is 0.651. The van der Waals surface area contributed by atoms with Crippen LogP contribution in [0.3, 0.4) is 0 Å². The van der Waals surface area contributed by atoms with E-state index in [1.165, 1.54) is 11.9 Å². The third kappa shape index (κ3) is 3.50. The smallest absolute Gasteiger partial charge is 0.230 e. The van der Waals surface area contributed by atoms with E-state index in [9.17, 15) is 4.79 Å². The summed E-state index contributed by atoms with van der Waals surface area (Å²) in [5.41, 5.74) is 2.03. The third-order valence-electron chi connectivity index (χ3n) is 3.01. The topological polar surface area (TPSA) is 46.9 Å². The molecule has 102 valence electrons. The molecule has 1 amide bonds. The van der Waals surface area contributed by atoms with Gasteiger partial charge in [-0.2, -0.15) is 0 Å². The molecule has 0 fully saturated rings. The molecule has 1 N–H and O–H groups in total. The van der Waals surface area contributed by atoms with Gasteiger partial charge in [-0.15, -0.1) is 0 Å². The number of rotatable bonds is 6. The van der Waals surface area contributed by atoms with Gasteiger partial charge in [0.1, 0.15) is 0 Å². The highest BCUT2D eigenvalue weighted by molar-refractivity contribution is 7.97. The molecule has 2 aromatic rings. The highest BCUT2D eigenvalue weighted by Gasteiger charge is 2.09. The predicted octanol–water partition coefficient (Wildman–Crippen LogP) is 3.28. The molecule has 0 aliphatic heterocycles. The molecule has 1 heterocycles. The van der Waals surface area contributed by atoms with Crippen molar-refractivity contribution in [3.05, 3.63) is 24.3 Å². The first kappa shape index (κ1) is 13.9. The van der Waals surface area contributed by atoms with Crippen molar-refractivity contribution in [1.29, 1.82) is 0 Å². The number of carbonyl (C=O) groups is 1. The normalized spacial score (nSPS) is 10.8. The zero-order valence-corrected chi connectivity index (χ0v) is 12.2. The van der Waals surface area contributed by atoms with Gasteiger partial charge in [-0.05, 0) is 18.6 Å². The molecule has 0 radical (unpaired) electrons. The average molecular weight is 277 g/mol. The van der Waals surface area contributed by atoms with Crippen LogP contribution in [0.1, 0.15) is 32.6 Å². The van der Waals surface area contributed by atoms with Crippen molar-refractivity contribution >= 4 is 28.9 Å². The molecule has 0 aliphatic rings. The standard InChI is InChI=1S/C14H19N3OS/c1-3-4-5-10-13(18)16-19-14-15-11-8-6-7-9-12(11)17(14)2/h6-9H,3-5,10H2,1-2H3,(H,16,18). The summed E-state index contributed by atoms with van der Waals surface area (Å²) in [5.74, 6) is 0.0745. The minimum atomic E-state index is 0.0745. The summed E-state index contributed by atoms with van der Waals surface area (Å²) in [6, 6.07) is 7.95. The SMILES string of the molecule is CCCCCC(=O)NSc1nc2ccccc2n1C.